The van der Waals surface area contributed by atoms with Crippen LogP contribution in [0.25, 0.3) is 11.2 Å². The summed E-state index contributed by atoms with van der Waals surface area (Å²) in [6.07, 6.45) is 6.83. The average molecular weight is 375 g/mol. The number of nitrogens with zero attached hydrogens (tertiary/aromatic N) is 6. The summed E-state index contributed by atoms with van der Waals surface area (Å²) in [5, 5.41) is 0.123. The fraction of sp³-hybridized carbons (Fsp3) is 0.438. The number of sulfonamides is 1. The highest BCUT2D eigenvalue weighted by molar-refractivity contribution is 7.89. The number of hydrogen-bond acceptors (Lipinski definition) is 6. The van der Waals surface area contributed by atoms with Gasteiger partial charge in [0.05, 0.1) is 0 Å². The highest BCUT2D eigenvalue weighted by atomic mass is 32.2. The summed E-state index contributed by atoms with van der Waals surface area (Å²) in [7, 11) is -1.74. The molecule has 4 rings (SSSR count). The Morgan fingerprint density at radius 1 is 1.15 bits per heavy atom. The van der Waals surface area contributed by atoms with Crippen LogP contribution in [0.5, 0.6) is 0 Å². The second-order valence-electron chi connectivity index (χ2n) is 6.48. The van der Waals surface area contributed by atoms with Crippen LogP contribution in [-0.2, 0) is 23.6 Å². The Labute approximate surface area is 151 Å². The van der Waals surface area contributed by atoms with Gasteiger partial charge in [-0.15, -0.1) is 0 Å². The zero-order valence-corrected chi connectivity index (χ0v) is 15.6. The number of aryl methyl sites for hydroxylation is 2. The van der Waals surface area contributed by atoms with Crippen LogP contribution in [0.4, 0.5) is 0 Å². The fourth-order valence-corrected chi connectivity index (χ4v) is 4.62. The number of hydrogen-bond donors (Lipinski definition) is 1. The molecular weight excluding hydrogens is 354 g/mol. The lowest BCUT2D eigenvalue weighted by Gasteiger charge is -2.33. The molecular formula is C16H21N7O2S. The zero-order valence-electron chi connectivity index (χ0n) is 14.8. The van der Waals surface area contributed by atoms with Crippen LogP contribution in [0.1, 0.15) is 11.4 Å². The molecule has 0 amide bonds. The Kier molecular flexibility index (Phi) is 4.25. The van der Waals surface area contributed by atoms with Gasteiger partial charge >= 0.3 is 0 Å². The highest BCUT2D eigenvalue weighted by Gasteiger charge is 2.30. The molecule has 1 aliphatic heterocycles. The van der Waals surface area contributed by atoms with E-state index in [9.17, 15) is 8.42 Å². The number of fused-ring (bicyclic) bond motifs is 1. The van der Waals surface area contributed by atoms with E-state index < -0.39 is 10.0 Å². The fourth-order valence-electron chi connectivity index (χ4n) is 3.17. The number of nitrogens with one attached hydrogen (secondary N) is 1. The molecule has 26 heavy (non-hydrogen) atoms. The Morgan fingerprint density at radius 3 is 2.58 bits per heavy atom. The summed E-state index contributed by atoms with van der Waals surface area (Å²) in [4.78, 5) is 18.1. The molecule has 10 heteroatoms. The van der Waals surface area contributed by atoms with E-state index in [-0.39, 0.29) is 5.03 Å². The molecule has 0 atom stereocenters. The lowest BCUT2D eigenvalue weighted by Crippen LogP contribution is -2.48. The SMILES string of the molecule is Cc1nc(S(=O)(=O)N2CCN(Cc3c[nH]c4nccnc34)CC2)cn1C. The van der Waals surface area contributed by atoms with Crippen LogP contribution in [0.3, 0.4) is 0 Å². The van der Waals surface area contributed by atoms with Gasteiger partial charge in [-0.25, -0.2) is 18.4 Å². The molecule has 3 aromatic heterocycles. The topological polar surface area (TPSA) is 100 Å². The van der Waals surface area contributed by atoms with Crippen molar-refractivity contribution in [3.63, 3.8) is 0 Å². The molecule has 1 aliphatic rings. The largest absolute Gasteiger partial charge is 0.344 e. The summed E-state index contributed by atoms with van der Waals surface area (Å²) < 4.78 is 28.8. The third-order valence-corrected chi connectivity index (χ3v) is 6.57. The van der Waals surface area contributed by atoms with Gasteiger partial charge in [0.15, 0.2) is 10.7 Å². The van der Waals surface area contributed by atoms with Gasteiger partial charge in [-0.1, -0.05) is 0 Å². The summed E-state index contributed by atoms with van der Waals surface area (Å²) in [6.45, 7) is 4.74. The van der Waals surface area contributed by atoms with E-state index in [1.165, 1.54) is 4.31 Å². The van der Waals surface area contributed by atoms with Crippen LogP contribution >= 0.6 is 0 Å². The predicted molar refractivity (Wildman–Crippen MR) is 95.9 cm³/mol. The van der Waals surface area contributed by atoms with Crippen LogP contribution in [-0.4, -0.2) is 68.3 Å². The van der Waals surface area contributed by atoms with Gasteiger partial charge in [0.2, 0.25) is 0 Å². The standard InChI is InChI=1S/C16H21N7O2S/c1-12-20-14(11-21(12)2)26(24,25)23-7-5-22(6-8-23)10-13-9-19-16-15(13)17-3-4-18-16/h3-4,9,11H,5-8,10H2,1-2H3,(H,18,19). The maximum Gasteiger partial charge on any atom is 0.262 e. The Balaban J connectivity index is 1.44. The third-order valence-electron chi connectivity index (χ3n) is 4.80. The van der Waals surface area contributed by atoms with Gasteiger partial charge in [-0.05, 0) is 6.92 Å². The average Bonchev–Trinajstić information content (AvgIpc) is 3.20. The number of aromatic nitrogens is 5. The molecule has 3 aromatic rings. The highest BCUT2D eigenvalue weighted by Crippen LogP contribution is 2.19. The van der Waals surface area contributed by atoms with Crippen molar-refractivity contribution >= 4 is 21.2 Å². The van der Waals surface area contributed by atoms with E-state index in [0.717, 1.165) is 23.3 Å². The summed E-state index contributed by atoms with van der Waals surface area (Å²) in [5.74, 6) is 0.683. The van der Waals surface area contributed by atoms with E-state index in [4.69, 9.17) is 0 Å². The first kappa shape index (κ1) is 17.1. The van der Waals surface area contributed by atoms with Gasteiger partial charge in [0.25, 0.3) is 10.0 Å². The van der Waals surface area contributed by atoms with E-state index >= 15 is 0 Å². The molecule has 0 aliphatic carbocycles. The molecule has 0 radical (unpaired) electrons. The second-order valence-corrected chi connectivity index (χ2v) is 8.37. The minimum Gasteiger partial charge on any atom is -0.344 e. The van der Waals surface area contributed by atoms with Crippen LogP contribution in [0.15, 0.2) is 29.8 Å². The first-order valence-corrected chi connectivity index (χ1v) is 9.88. The van der Waals surface area contributed by atoms with Gasteiger partial charge in [-0.2, -0.15) is 4.31 Å². The number of H-pyrrole nitrogens is 1. The number of imidazole rings is 1. The molecule has 4 heterocycles. The molecule has 9 nitrogen and oxygen atoms in total. The molecule has 0 spiro atoms. The molecule has 0 saturated carbocycles. The Morgan fingerprint density at radius 2 is 1.88 bits per heavy atom. The number of piperazine rings is 1. The van der Waals surface area contributed by atoms with E-state index in [0.29, 0.717) is 32.0 Å². The number of rotatable bonds is 4. The first-order chi connectivity index (χ1) is 12.4. The summed E-state index contributed by atoms with van der Waals surface area (Å²) >= 11 is 0. The van der Waals surface area contributed by atoms with E-state index in [2.05, 4.69) is 24.8 Å². The maximum atomic E-state index is 12.8. The maximum absolute atomic E-state index is 12.8. The molecule has 138 valence electrons. The summed E-state index contributed by atoms with van der Waals surface area (Å²) in [6, 6.07) is 0. The van der Waals surface area contributed by atoms with E-state index in [1.807, 2.05) is 6.20 Å². The quantitative estimate of drug-likeness (QED) is 0.713. The van der Waals surface area contributed by atoms with Crippen molar-refractivity contribution in [3.8, 4) is 0 Å². The Bertz CT molecular complexity index is 1010. The third kappa shape index (κ3) is 3.00. The van der Waals surface area contributed by atoms with Gasteiger partial charge in [-0.3, -0.25) is 9.88 Å². The summed E-state index contributed by atoms with van der Waals surface area (Å²) in [5.41, 5.74) is 2.71. The zero-order chi connectivity index (χ0) is 18.3. The van der Waals surface area contributed by atoms with Crippen molar-refractivity contribution in [2.45, 2.75) is 18.5 Å². The molecule has 0 bridgehead atoms. The predicted octanol–water partition coefficient (Wildman–Crippen LogP) is 0.506. The van der Waals surface area contributed by atoms with Crippen molar-refractivity contribution in [1.82, 2.24) is 33.7 Å². The molecule has 0 aromatic carbocycles. The van der Waals surface area contributed by atoms with E-state index in [1.54, 1.807) is 37.1 Å². The monoisotopic (exact) mass is 375 g/mol. The van der Waals surface area contributed by atoms with Gasteiger partial charge in [0.1, 0.15) is 11.3 Å². The lowest BCUT2D eigenvalue weighted by atomic mass is 10.2. The minimum absolute atomic E-state index is 0.123. The normalized spacial score (nSPS) is 17.2. The van der Waals surface area contributed by atoms with Crippen molar-refractivity contribution in [1.29, 1.82) is 0 Å². The van der Waals surface area contributed by atoms with Crippen molar-refractivity contribution in [2.75, 3.05) is 26.2 Å². The van der Waals surface area contributed by atoms with Crippen LogP contribution < -0.4 is 0 Å². The lowest BCUT2D eigenvalue weighted by molar-refractivity contribution is 0.182. The van der Waals surface area contributed by atoms with Gasteiger partial charge < -0.3 is 9.55 Å². The van der Waals surface area contributed by atoms with Crippen LogP contribution in [0, 0.1) is 6.92 Å². The molecule has 1 saturated heterocycles. The Hall–Kier alpha value is -2.30. The smallest absolute Gasteiger partial charge is 0.262 e. The van der Waals surface area contributed by atoms with Crippen molar-refractivity contribution in [3.05, 3.63) is 36.2 Å². The molecule has 1 fully saturated rings. The number of aromatic amines is 1. The minimum atomic E-state index is -3.54. The van der Waals surface area contributed by atoms with Crippen molar-refractivity contribution in [2.24, 2.45) is 7.05 Å². The second kappa shape index (κ2) is 6.45. The molecule has 0 unspecified atom stereocenters. The first-order valence-electron chi connectivity index (χ1n) is 8.44. The molecule has 1 N–H and O–H groups in total. The van der Waals surface area contributed by atoms with Crippen LogP contribution in [0.2, 0.25) is 0 Å². The van der Waals surface area contributed by atoms with Crippen molar-refractivity contribution < 1.29 is 8.42 Å². The van der Waals surface area contributed by atoms with Gasteiger partial charge in [0, 0.05) is 70.1 Å².